The fraction of sp³-hybridized carbons (Fsp3) is 0.267. The van der Waals surface area contributed by atoms with E-state index in [4.69, 9.17) is 21.3 Å². The summed E-state index contributed by atoms with van der Waals surface area (Å²) in [5.74, 6) is 0.499. The van der Waals surface area contributed by atoms with Crippen LogP contribution in [0.5, 0.6) is 5.75 Å². The summed E-state index contributed by atoms with van der Waals surface area (Å²) in [6.45, 7) is 7.45. The Bertz CT molecular complexity index is 1830. The lowest BCUT2D eigenvalue weighted by Crippen LogP contribution is -2.29. The van der Waals surface area contributed by atoms with Crippen LogP contribution in [0, 0.1) is 20.8 Å². The van der Waals surface area contributed by atoms with Crippen LogP contribution in [-0.4, -0.2) is 24.7 Å². The minimum Gasteiger partial charge on any atom is -0.486 e. The molecule has 4 aromatic heterocycles. The summed E-state index contributed by atoms with van der Waals surface area (Å²) in [7, 11) is 0. The topological polar surface area (TPSA) is 85.7 Å². The van der Waals surface area contributed by atoms with Crippen LogP contribution < -0.4 is 10.3 Å². The number of pyridine rings is 3. The predicted molar refractivity (Wildman–Crippen MR) is 151 cm³/mol. The number of hydrogen-bond donors (Lipinski definition) is 1. The number of benzene rings is 1. The van der Waals surface area contributed by atoms with Crippen molar-refractivity contribution in [3.63, 3.8) is 0 Å². The zero-order valence-electron chi connectivity index (χ0n) is 22.9. The highest BCUT2D eigenvalue weighted by molar-refractivity contribution is 6.31. The second kappa shape index (κ2) is 11.0. The molecule has 1 aromatic carbocycles. The average Bonchev–Trinajstić information content (AvgIpc) is 3.28. The Morgan fingerprint density at radius 1 is 1.02 bits per heavy atom. The Kier molecular flexibility index (Phi) is 7.61. The maximum atomic E-state index is 13.3. The summed E-state index contributed by atoms with van der Waals surface area (Å²) in [5, 5.41) is 8.80. The Morgan fingerprint density at radius 2 is 1.78 bits per heavy atom. The number of alkyl halides is 3. The van der Waals surface area contributed by atoms with Crippen LogP contribution in [0.3, 0.4) is 0 Å². The number of aryl methyl sites for hydroxylation is 3. The summed E-state index contributed by atoms with van der Waals surface area (Å²) in [4.78, 5) is 21.8. The minimum absolute atomic E-state index is 0.0394. The van der Waals surface area contributed by atoms with Crippen LogP contribution in [0.25, 0.3) is 22.2 Å². The number of ether oxygens (including phenoxy) is 1. The van der Waals surface area contributed by atoms with Crippen molar-refractivity contribution in [2.45, 2.75) is 53.4 Å². The van der Waals surface area contributed by atoms with Gasteiger partial charge in [-0.15, -0.1) is 0 Å². The normalized spacial score (nSPS) is 11.8. The molecule has 0 radical (unpaired) electrons. The highest BCUT2D eigenvalue weighted by atomic mass is 35.5. The second-order valence-electron chi connectivity index (χ2n) is 9.80. The Morgan fingerprint density at radius 3 is 2.49 bits per heavy atom. The van der Waals surface area contributed by atoms with E-state index in [0.717, 1.165) is 50.6 Å². The standard InChI is InChI=1S/C30H27ClF3N5O2/c1-5-24-18(4)27(38-37-24)20-12-16(2)36-28-19(20)8-6-10-26(28)41-15-21-23(31)13-17(3)35-25(21)14-39-11-7-9-22(29(39)40)30(32,33)34/h6-13H,5,14-15H2,1-4H3,(H,37,38). The SMILES string of the molecule is CCc1n[nH]c(-c2cc(C)nc3c(OCc4c(Cl)cc(C)nc4Cn4cccc(C(F)(F)F)c4=O)cccc23)c1C. The van der Waals surface area contributed by atoms with Gasteiger partial charge in [-0.3, -0.25) is 14.9 Å². The van der Waals surface area contributed by atoms with Crippen LogP contribution in [0.4, 0.5) is 13.2 Å². The molecule has 11 heteroatoms. The van der Waals surface area contributed by atoms with Gasteiger partial charge < -0.3 is 9.30 Å². The molecule has 5 rings (SSSR count). The van der Waals surface area contributed by atoms with Gasteiger partial charge >= 0.3 is 6.18 Å². The van der Waals surface area contributed by atoms with Gasteiger partial charge in [0.15, 0.2) is 0 Å². The molecule has 0 bridgehead atoms. The molecule has 7 nitrogen and oxygen atoms in total. The number of aromatic nitrogens is 5. The summed E-state index contributed by atoms with van der Waals surface area (Å²) in [6, 6.07) is 11.2. The van der Waals surface area contributed by atoms with Crippen LogP contribution in [0.1, 0.15) is 46.4 Å². The zero-order chi connectivity index (χ0) is 29.5. The van der Waals surface area contributed by atoms with E-state index in [9.17, 15) is 18.0 Å². The second-order valence-corrected chi connectivity index (χ2v) is 10.2. The molecule has 212 valence electrons. The number of halogens is 4. The molecule has 0 atom stereocenters. The van der Waals surface area contributed by atoms with Crippen LogP contribution in [0.2, 0.25) is 5.02 Å². The smallest absolute Gasteiger partial charge is 0.421 e. The number of para-hydroxylation sites is 1. The van der Waals surface area contributed by atoms with E-state index in [1.54, 1.807) is 19.1 Å². The molecule has 0 aliphatic rings. The third-order valence-electron chi connectivity index (χ3n) is 6.95. The fourth-order valence-electron chi connectivity index (χ4n) is 4.91. The van der Waals surface area contributed by atoms with Crippen molar-refractivity contribution in [3.8, 4) is 17.0 Å². The number of aromatic amines is 1. The van der Waals surface area contributed by atoms with Crippen molar-refractivity contribution in [2.75, 3.05) is 0 Å². The molecule has 0 spiro atoms. The van der Waals surface area contributed by atoms with Gasteiger partial charge in [0.1, 0.15) is 23.4 Å². The molecule has 0 saturated heterocycles. The maximum Gasteiger partial charge on any atom is 0.421 e. The van der Waals surface area contributed by atoms with Crippen LogP contribution >= 0.6 is 11.6 Å². The van der Waals surface area contributed by atoms with Crippen LogP contribution in [0.15, 0.2) is 53.5 Å². The summed E-state index contributed by atoms with van der Waals surface area (Å²) in [6.07, 6.45) is -2.67. The Hall–Kier alpha value is -4.18. The van der Waals surface area contributed by atoms with Crippen molar-refractivity contribution in [3.05, 3.63) is 104 Å². The fourth-order valence-corrected chi connectivity index (χ4v) is 5.23. The first-order chi connectivity index (χ1) is 19.5. The van der Waals surface area contributed by atoms with Crippen molar-refractivity contribution >= 4 is 22.5 Å². The highest BCUT2D eigenvalue weighted by Crippen LogP contribution is 2.35. The summed E-state index contributed by atoms with van der Waals surface area (Å²) < 4.78 is 47.2. The van der Waals surface area contributed by atoms with Gasteiger partial charge in [0.05, 0.1) is 28.6 Å². The Labute approximate surface area is 239 Å². The molecule has 41 heavy (non-hydrogen) atoms. The zero-order valence-corrected chi connectivity index (χ0v) is 23.6. The van der Waals surface area contributed by atoms with Gasteiger partial charge in [-0.2, -0.15) is 18.3 Å². The van der Waals surface area contributed by atoms with Gasteiger partial charge in [-0.05, 0) is 63.1 Å². The van der Waals surface area contributed by atoms with Gasteiger partial charge in [0.2, 0.25) is 0 Å². The lowest BCUT2D eigenvalue weighted by Gasteiger charge is -2.16. The van der Waals surface area contributed by atoms with E-state index >= 15 is 0 Å². The number of nitrogens with one attached hydrogen (secondary N) is 1. The van der Waals surface area contributed by atoms with E-state index in [-0.39, 0.29) is 13.2 Å². The first kappa shape index (κ1) is 28.4. The maximum absolute atomic E-state index is 13.3. The molecule has 0 aliphatic heterocycles. The van der Waals surface area contributed by atoms with Crippen molar-refractivity contribution in [1.29, 1.82) is 0 Å². The average molecular weight is 582 g/mol. The Balaban J connectivity index is 1.52. The predicted octanol–water partition coefficient (Wildman–Crippen LogP) is 6.97. The van der Waals surface area contributed by atoms with Gasteiger partial charge in [-0.1, -0.05) is 30.7 Å². The molecule has 0 unspecified atom stereocenters. The van der Waals surface area contributed by atoms with Crippen LogP contribution in [-0.2, 0) is 25.7 Å². The first-order valence-electron chi connectivity index (χ1n) is 13.0. The largest absolute Gasteiger partial charge is 0.486 e. The molecule has 0 amide bonds. The summed E-state index contributed by atoms with van der Waals surface area (Å²) >= 11 is 6.58. The van der Waals surface area contributed by atoms with Crippen molar-refractivity contribution in [2.24, 2.45) is 0 Å². The van der Waals surface area contributed by atoms with Gasteiger partial charge in [0, 0.05) is 34.1 Å². The molecule has 4 heterocycles. The van der Waals surface area contributed by atoms with Gasteiger partial charge in [-0.25, -0.2) is 4.98 Å². The molecular weight excluding hydrogens is 555 g/mol. The number of H-pyrrole nitrogens is 1. The lowest BCUT2D eigenvalue weighted by atomic mass is 10.0. The highest BCUT2D eigenvalue weighted by Gasteiger charge is 2.34. The molecule has 0 saturated carbocycles. The molecule has 5 aromatic rings. The van der Waals surface area contributed by atoms with E-state index < -0.39 is 17.3 Å². The van der Waals surface area contributed by atoms with E-state index in [2.05, 4.69) is 22.1 Å². The third-order valence-corrected chi connectivity index (χ3v) is 7.28. The number of fused-ring (bicyclic) bond motifs is 1. The minimum atomic E-state index is -4.77. The van der Waals surface area contributed by atoms with E-state index in [1.165, 1.54) is 12.3 Å². The number of nitrogens with zero attached hydrogens (tertiary/aromatic N) is 4. The van der Waals surface area contributed by atoms with E-state index in [1.807, 2.05) is 32.0 Å². The summed E-state index contributed by atoms with van der Waals surface area (Å²) in [5.41, 5.74) is 4.29. The molecule has 1 N–H and O–H groups in total. The number of hydrogen-bond acceptors (Lipinski definition) is 5. The monoisotopic (exact) mass is 581 g/mol. The van der Waals surface area contributed by atoms with E-state index in [0.29, 0.717) is 33.2 Å². The molecule has 0 aliphatic carbocycles. The lowest BCUT2D eigenvalue weighted by molar-refractivity contribution is -0.138. The third kappa shape index (κ3) is 5.56. The first-order valence-corrected chi connectivity index (χ1v) is 13.3. The quantitative estimate of drug-likeness (QED) is 0.224. The molecular formula is C30H27ClF3N5O2. The molecule has 0 fully saturated rings. The van der Waals surface area contributed by atoms with Crippen molar-refractivity contribution in [1.82, 2.24) is 24.7 Å². The van der Waals surface area contributed by atoms with Crippen molar-refractivity contribution < 1.29 is 17.9 Å². The number of rotatable bonds is 7. The van der Waals surface area contributed by atoms with Gasteiger partial charge in [0.25, 0.3) is 5.56 Å².